The Bertz CT molecular complexity index is 750. The number of amides is 4. The van der Waals surface area contributed by atoms with Gasteiger partial charge in [0, 0.05) is 30.2 Å². The van der Waals surface area contributed by atoms with Crippen molar-refractivity contribution in [2.75, 3.05) is 13.1 Å². The van der Waals surface area contributed by atoms with Crippen LogP contribution >= 0.6 is 0 Å². The maximum absolute atomic E-state index is 13.1. The number of piperidine rings is 1. The van der Waals surface area contributed by atoms with Crippen molar-refractivity contribution in [3.8, 4) is 0 Å². The lowest BCUT2D eigenvalue weighted by Gasteiger charge is -2.37. The quantitative estimate of drug-likeness (QED) is 0.647. The van der Waals surface area contributed by atoms with Crippen LogP contribution in [0.1, 0.15) is 64.7 Å². The summed E-state index contributed by atoms with van der Waals surface area (Å²) in [4.78, 5) is 40.2. The fourth-order valence-electron chi connectivity index (χ4n) is 3.53. The number of rotatable bonds is 6. The number of carbonyl (C=O) groups is 3. The predicted octanol–water partition coefficient (Wildman–Crippen LogP) is 3.17. The van der Waals surface area contributed by atoms with Gasteiger partial charge in [-0.3, -0.25) is 9.59 Å². The van der Waals surface area contributed by atoms with E-state index in [9.17, 15) is 14.4 Å². The number of benzene rings is 1. The molecule has 0 radical (unpaired) electrons. The van der Waals surface area contributed by atoms with Gasteiger partial charge in [0.2, 0.25) is 5.91 Å². The Balaban J connectivity index is 2.09. The normalized spacial score (nSPS) is 17.1. The molecular weight excluding hydrogens is 392 g/mol. The van der Waals surface area contributed by atoms with Gasteiger partial charge in [0.05, 0.1) is 0 Å². The standard InChI is InChI=1S/C24H38N4O3/c1-16(2)17(3)25-22(30)20(26-21(29)19-10-8-7-9-11-19)18-12-14-28(15-13-18)23(31)27-24(4,5)6/h7-11,16-18,20H,12-15H2,1-6H3,(H,25,30)(H,26,29)(H,27,31)/t17-,20+/m0/s1. The van der Waals surface area contributed by atoms with Crippen LogP contribution in [-0.4, -0.2) is 53.5 Å². The summed E-state index contributed by atoms with van der Waals surface area (Å²) in [6.07, 6.45) is 1.31. The summed E-state index contributed by atoms with van der Waals surface area (Å²) < 4.78 is 0. The third-order valence-electron chi connectivity index (χ3n) is 5.76. The van der Waals surface area contributed by atoms with Crippen LogP contribution in [0.5, 0.6) is 0 Å². The molecule has 1 fully saturated rings. The van der Waals surface area contributed by atoms with E-state index in [1.54, 1.807) is 29.2 Å². The third kappa shape index (κ3) is 7.56. The molecule has 1 aliphatic heterocycles. The van der Waals surface area contributed by atoms with Crippen LogP contribution in [0, 0.1) is 11.8 Å². The second-order valence-electron chi connectivity index (χ2n) is 9.86. The second-order valence-corrected chi connectivity index (χ2v) is 9.86. The van der Waals surface area contributed by atoms with Crippen molar-refractivity contribution in [1.29, 1.82) is 0 Å². The van der Waals surface area contributed by atoms with Crippen LogP contribution in [0.25, 0.3) is 0 Å². The van der Waals surface area contributed by atoms with Crippen molar-refractivity contribution >= 4 is 17.8 Å². The summed E-state index contributed by atoms with van der Waals surface area (Å²) in [6.45, 7) is 13.0. The van der Waals surface area contributed by atoms with Crippen molar-refractivity contribution in [3.63, 3.8) is 0 Å². The highest BCUT2D eigenvalue weighted by molar-refractivity contribution is 5.97. The Morgan fingerprint density at radius 3 is 2.06 bits per heavy atom. The zero-order valence-electron chi connectivity index (χ0n) is 19.7. The molecular formula is C24H38N4O3. The van der Waals surface area contributed by atoms with E-state index in [0.717, 1.165) is 0 Å². The average Bonchev–Trinajstić information content (AvgIpc) is 2.71. The summed E-state index contributed by atoms with van der Waals surface area (Å²) in [5, 5.41) is 9.00. The maximum atomic E-state index is 13.1. The molecule has 2 atom stereocenters. The van der Waals surface area contributed by atoms with Crippen molar-refractivity contribution in [1.82, 2.24) is 20.9 Å². The molecule has 1 aromatic rings. The van der Waals surface area contributed by atoms with Crippen LogP contribution < -0.4 is 16.0 Å². The molecule has 0 aliphatic carbocycles. The Labute approximate surface area is 186 Å². The van der Waals surface area contributed by atoms with Gasteiger partial charge in [0.25, 0.3) is 5.91 Å². The maximum Gasteiger partial charge on any atom is 0.317 e. The first kappa shape index (κ1) is 24.7. The van der Waals surface area contributed by atoms with E-state index in [1.807, 2.05) is 33.8 Å². The van der Waals surface area contributed by atoms with E-state index < -0.39 is 6.04 Å². The molecule has 2 rings (SSSR count). The average molecular weight is 431 g/mol. The van der Waals surface area contributed by atoms with Gasteiger partial charge in [-0.1, -0.05) is 32.0 Å². The van der Waals surface area contributed by atoms with Gasteiger partial charge in [-0.2, -0.15) is 0 Å². The lowest BCUT2D eigenvalue weighted by atomic mass is 9.88. The van der Waals surface area contributed by atoms with Crippen molar-refractivity contribution in [2.45, 2.75) is 72.0 Å². The summed E-state index contributed by atoms with van der Waals surface area (Å²) >= 11 is 0. The number of carbonyl (C=O) groups excluding carboxylic acids is 3. The van der Waals surface area contributed by atoms with Gasteiger partial charge in [0.15, 0.2) is 0 Å². The zero-order valence-corrected chi connectivity index (χ0v) is 19.7. The van der Waals surface area contributed by atoms with Crippen LogP contribution in [0.15, 0.2) is 30.3 Å². The number of hydrogen-bond donors (Lipinski definition) is 3. The van der Waals surface area contributed by atoms with Crippen LogP contribution in [0.4, 0.5) is 4.79 Å². The zero-order chi connectivity index (χ0) is 23.2. The minimum atomic E-state index is -0.637. The highest BCUT2D eigenvalue weighted by atomic mass is 16.2. The topological polar surface area (TPSA) is 90.5 Å². The Kier molecular flexibility index (Phi) is 8.48. The monoisotopic (exact) mass is 430 g/mol. The smallest absolute Gasteiger partial charge is 0.317 e. The van der Waals surface area contributed by atoms with Crippen LogP contribution in [-0.2, 0) is 4.79 Å². The van der Waals surface area contributed by atoms with Gasteiger partial charge in [0.1, 0.15) is 6.04 Å². The molecule has 4 amide bonds. The fourth-order valence-corrected chi connectivity index (χ4v) is 3.53. The largest absolute Gasteiger partial charge is 0.352 e. The number of nitrogens with one attached hydrogen (secondary N) is 3. The molecule has 0 saturated carbocycles. The highest BCUT2D eigenvalue weighted by Gasteiger charge is 2.35. The first-order valence-corrected chi connectivity index (χ1v) is 11.2. The van der Waals surface area contributed by atoms with Crippen LogP contribution in [0.2, 0.25) is 0 Å². The van der Waals surface area contributed by atoms with Gasteiger partial charge < -0.3 is 20.9 Å². The summed E-state index contributed by atoms with van der Waals surface area (Å²) in [5.41, 5.74) is 0.228. The lowest BCUT2D eigenvalue weighted by Crippen LogP contribution is -2.57. The van der Waals surface area contributed by atoms with Gasteiger partial charge in [-0.25, -0.2) is 4.79 Å². The Hall–Kier alpha value is -2.57. The fraction of sp³-hybridized carbons (Fsp3) is 0.625. The molecule has 7 heteroatoms. The molecule has 0 aromatic heterocycles. The first-order valence-electron chi connectivity index (χ1n) is 11.2. The van der Waals surface area contributed by atoms with E-state index >= 15 is 0 Å². The number of urea groups is 1. The van der Waals surface area contributed by atoms with Crippen molar-refractivity contribution < 1.29 is 14.4 Å². The third-order valence-corrected chi connectivity index (χ3v) is 5.76. The molecule has 1 saturated heterocycles. The van der Waals surface area contributed by atoms with Crippen molar-refractivity contribution in [2.24, 2.45) is 11.8 Å². The first-order chi connectivity index (χ1) is 14.5. The molecule has 1 aliphatic rings. The predicted molar refractivity (Wildman–Crippen MR) is 123 cm³/mol. The van der Waals surface area contributed by atoms with E-state index in [1.165, 1.54) is 0 Å². The van der Waals surface area contributed by atoms with E-state index in [2.05, 4.69) is 29.8 Å². The SMILES string of the molecule is CC(C)[C@H](C)NC(=O)[C@H](NC(=O)c1ccccc1)C1CCN(C(=O)NC(C)(C)C)CC1. The van der Waals surface area contributed by atoms with Gasteiger partial charge in [-0.15, -0.1) is 0 Å². The van der Waals surface area contributed by atoms with E-state index in [0.29, 0.717) is 31.5 Å². The summed E-state index contributed by atoms with van der Waals surface area (Å²) in [7, 11) is 0. The highest BCUT2D eigenvalue weighted by Crippen LogP contribution is 2.22. The molecule has 1 heterocycles. The van der Waals surface area contributed by atoms with Crippen molar-refractivity contribution in [3.05, 3.63) is 35.9 Å². The number of likely N-dealkylation sites (tertiary alicyclic amines) is 1. The van der Waals surface area contributed by atoms with E-state index in [4.69, 9.17) is 0 Å². The molecule has 0 unspecified atom stereocenters. The molecule has 3 N–H and O–H groups in total. The molecule has 0 spiro atoms. The van der Waals surface area contributed by atoms with E-state index in [-0.39, 0.29) is 41.3 Å². The number of nitrogens with zero attached hydrogens (tertiary/aromatic N) is 1. The minimum absolute atomic E-state index is 0.00118. The Morgan fingerprint density at radius 2 is 1.55 bits per heavy atom. The summed E-state index contributed by atoms with van der Waals surface area (Å²) in [5.74, 6) is -0.169. The molecule has 31 heavy (non-hydrogen) atoms. The molecule has 7 nitrogen and oxygen atoms in total. The van der Waals surface area contributed by atoms with Crippen LogP contribution in [0.3, 0.4) is 0 Å². The van der Waals surface area contributed by atoms with Gasteiger partial charge >= 0.3 is 6.03 Å². The number of hydrogen-bond acceptors (Lipinski definition) is 3. The molecule has 172 valence electrons. The molecule has 1 aromatic carbocycles. The second kappa shape index (κ2) is 10.6. The summed E-state index contributed by atoms with van der Waals surface area (Å²) in [6, 6.07) is 8.20. The van der Waals surface area contributed by atoms with Gasteiger partial charge in [-0.05, 0) is 64.5 Å². The minimum Gasteiger partial charge on any atom is -0.352 e. The molecule has 0 bridgehead atoms. The Morgan fingerprint density at radius 1 is 0.968 bits per heavy atom. The lowest BCUT2D eigenvalue weighted by molar-refractivity contribution is -0.125.